The third-order valence-corrected chi connectivity index (χ3v) is 5.01. The Morgan fingerprint density at radius 3 is 2.75 bits per heavy atom. The lowest BCUT2D eigenvalue weighted by atomic mass is 10.1. The molecule has 6 nitrogen and oxygen atoms in total. The quantitative estimate of drug-likeness (QED) is 0.846. The van der Waals surface area contributed by atoms with Crippen molar-refractivity contribution in [2.45, 2.75) is 31.2 Å². The second kappa shape index (κ2) is 5.41. The fraction of sp³-hybridized carbons (Fsp3) is 0.462. The Kier molecular flexibility index (Phi) is 4.01. The zero-order valence-electron chi connectivity index (χ0n) is 11.3. The van der Waals surface area contributed by atoms with Gasteiger partial charge in [-0.15, -0.1) is 0 Å². The summed E-state index contributed by atoms with van der Waals surface area (Å²) in [5.41, 5.74) is 0.854. The zero-order chi connectivity index (χ0) is 14.9. The third-order valence-electron chi connectivity index (χ3n) is 3.45. The van der Waals surface area contributed by atoms with Crippen LogP contribution < -0.4 is 9.46 Å². The molecule has 110 valence electrons. The van der Waals surface area contributed by atoms with Crippen molar-refractivity contribution in [3.63, 3.8) is 0 Å². The molecule has 0 radical (unpaired) electrons. The highest BCUT2D eigenvalue weighted by atomic mass is 32.2. The fourth-order valence-electron chi connectivity index (χ4n) is 1.96. The largest absolute Gasteiger partial charge is 0.493 e. The van der Waals surface area contributed by atoms with E-state index in [4.69, 9.17) is 9.84 Å². The van der Waals surface area contributed by atoms with Gasteiger partial charge in [0.2, 0.25) is 10.0 Å². The molecule has 2 rings (SSSR count). The lowest BCUT2D eigenvalue weighted by Gasteiger charge is -2.18. The molecule has 2 unspecified atom stereocenters. The Hall–Kier alpha value is -1.60. The van der Waals surface area contributed by atoms with Crippen LogP contribution in [0.25, 0.3) is 0 Å². The van der Waals surface area contributed by atoms with E-state index in [0.29, 0.717) is 18.8 Å². The Morgan fingerprint density at radius 1 is 1.40 bits per heavy atom. The summed E-state index contributed by atoms with van der Waals surface area (Å²) >= 11 is 0. The van der Waals surface area contributed by atoms with Gasteiger partial charge in [-0.1, -0.05) is 6.92 Å². The summed E-state index contributed by atoms with van der Waals surface area (Å²) in [7, 11) is -3.73. The summed E-state index contributed by atoms with van der Waals surface area (Å²) in [5, 5.41) is 8.90. The van der Waals surface area contributed by atoms with Gasteiger partial charge >= 0.3 is 5.97 Å². The van der Waals surface area contributed by atoms with Gasteiger partial charge in [0.05, 0.1) is 17.4 Å². The van der Waals surface area contributed by atoms with E-state index in [2.05, 4.69) is 4.72 Å². The summed E-state index contributed by atoms with van der Waals surface area (Å²) in [4.78, 5) is 11.0. The van der Waals surface area contributed by atoms with E-state index in [9.17, 15) is 13.2 Å². The summed E-state index contributed by atoms with van der Waals surface area (Å²) in [5.74, 6) is -1.14. The highest BCUT2D eigenvalue weighted by Crippen LogP contribution is 2.27. The van der Waals surface area contributed by atoms with Crippen LogP contribution in [0, 0.1) is 5.92 Å². The minimum atomic E-state index is -3.73. The summed E-state index contributed by atoms with van der Waals surface area (Å²) < 4.78 is 32.2. The molecular formula is C13H17NO5S. The van der Waals surface area contributed by atoms with Crippen molar-refractivity contribution in [3.8, 4) is 5.75 Å². The topological polar surface area (TPSA) is 92.7 Å². The molecule has 2 N–H and O–H groups in total. The molecule has 20 heavy (non-hydrogen) atoms. The van der Waals surface area contributed by atoms with Crippen LogP contribution in [0.2, 0.25) is 0 Å². The number of carboxylic acid groups (broad SMARTS) is 1. The maximum Gasteiger partial charge on any atom is 0.307 e. The normalized spacial score (nSPS) is 17.1. The Labute approximate surface area is 117 Å². The van der Waals surface area contributed by atoms with Crippen LogP contribution >= 0.6 is 0 Å². The third kappa shape index (κ3) is 2.94. The van der Waals surface area contributed by atoms with E-state index in [0.717, 1.165) is 5.56 Å². The van der Waals surface area contributed by atoms with Crippen LogP contribution in [0.4, 0.5) is 0 Å². The summed E-state index contributed by atoms with van der Waals surface area (Å²) in [6.45, 7) is 3.55. The van der Waals surface area contributed by atoms with Gasteiger partial charge in [-0.3, -0.25) is 4.79 Å². The molecule has 1 aromatic carbocycles. The minimum absolute atomic E-state index is 0.131. The molecule has 0 amide bonds. The lowest BCUT2D eigenvalue weighted by Crippen LogP contribution is -2.39. The highest BCUT2D eigenvalue weighted by Gasteiger charge is 2.26. The van der Waals surface area contributed by atoms with Crippen molar-refractivity contribution in [2.24, 2.45) is 5.92 Å². The number of ether oxygens (including phenoxy) is 1. The molecule has 0 saturated carbocycles. The molecule has 1 aliphatic rings. The van der Waals surface area contributed by atoms with Crippen molar-refractivity contribution in [2.75, 3.05) is 6.61 Å². The predicted octanol–water partition coefficient (Wildman–Crippen LogP) is 1.01. The monoisotopic (exact) mass is 299 g/mol. The van der Waals surface area contributed by atoms with Crippen molar-refractivity contribution in [1.82, 2.24) is 4.72 Å². The second-order valence-corrected chi connectivity index (χ2v) is 6.62. The maximum absolute atomic E-state index is 12.2. The van der Waals surface area contributed by atoms with Crippen LogP contribution in [0.1, 0.15) is 19.4 Å². The maximum atomic E-state index is 12.2. The van der Waals surface area contributed by atoms with E-state index >= 15 is 0 Å². The number of sulfonamides is 1. The van der Waals surface area contributed by atoms with Crippen molar-refractivity contribution in [3.05, 3.63) is 23.8 Å². The van der Waals surface area contributed by atoms with Crippen molar-refractivity contribution < 1.29 is 23.1 Å². The van der Waals surface area contributed by atoms with Crippen LogP contribution in [0.3, 0.4) is 0 Å². The molecule has 0 spiro atoms. The molecule has 0 bridgehead atoms. The van der Waals surface area contributed by atoms with E-state index in [1.807, 2.05) is 0 Å². The van der Waals surface area contributed by atoms with Crippen LogP contribution in [-0.2, 0) is 21.2 Å². The number of rotatable bonds is 5. The van der Waals surface area contributed by atoms with E-state index < -0.39 is 28.0 Å². The Bertz CT molecular complexity index is 626. The van der Waals surface area contributed by atoms with E-state index in [1.165, 1.54) is 19.9 Å². The highest BCUT2D eigenvalue weighted by molar-refractivity contribution is 7.89. The van der Waals surface area contributed by atoms with Gasteiger partial charge < -0.3 is 9.84 Å². The molecule has 7 heteroatoms. The second-order valence-electron chi connectivity index (χ2n) is 4.90. The van der Waals surface area contributed by atoms with Crippen molar-refractivity contribution in [1.29, 1.82) is 0 Å². The minimum Gasteiger partial charge on any atom is -0.493 e. The number of hydrogen-bond donors (Lipinski definition) is 2. The number of carbonyl (C=O) groups is 1. The van der Waals surface area contributed by atoms with E-state index in [-0.39, 0.29) is 4.90 Å². The molecule has 1 heterocycles. The number of fused-ring (bicyclic) bond motifs is 1. The van der Waals surface area contributed by atoms with Gasteiger partial charge in [-0.2, -0.15) is 0 Å². The average molecular weight is 299 g/mol. The molecule has 0 aliphatic carbocycles. The molecule has 2 atom stereocenters. The number of aliphatic carboxylic acids is 1. The summed E-state index contributed by atoms with van der Waals surface area (Å²) in [6.07, 6.45) is 0.680. The SMILES string of the molecule is CC(NS(=O)(=O)c1ccc2c(c1)CCO2)C(C)C(=O)O. The number of nitrogens with one attached hydrogen (secondary N) is 1. The van der Waals surface area contributed by atoms with Crippen LogP contribution in [0.15, 0.2) is 23.1 Å². The molecule has 1 aromatic rings. The first-order valence-corrected chi connectivity index (χ1v) is 7.80. The van der Waals surface area contributed by atoms with Crippen molar-refractivity contribution >= 4 is 16.0 Å². The van der Waals surface area contributed by atoms with Gasteiger partial charge in [-0.05, 0) is 30.7 Å². The Balaban J connectivity index is 2.20. The fourth-order valence-corrected chi connectivity index (χ4v) is 3.33. The molecule has 0 aromatic heterocycles. The number of benzene rings is 1. The molecular weight excluding hydrogens is 282 g/mol. The van der Waals surface area contributed by atoms with E-state index in [1.54, 1.807) is 12.1 Å². The van der Waals surface area contributed by atoms with Crippen LogP contribution in [-0.4, -0.2) is 32.1 Å². The number of carboxylic acids is 1. The molecule has 1 aliphatic heterocycles. The summed E-state index contributed by atoms with van der Waals surface area (Å²) in [6, 6.07) is 3.97. The Morgan fingerprint density at radius 2 is 2.10 bits per heavy atom. The number of hydrogen-bond acceptors (Lipinski definition) is 4. The standard InChI is InChI=1S/C13H17NO5S/c1-8(13(15)16)9(2)14-20(17,18)11-3-4-12-10(7-11)5-6-19-12/h3-4,7-9,14H,5-6H2,1-2H3,(H,15,16). The zero-order valence-corrected chi connectivity index (χ0v) is 12.1. The molecule has 0 fully saturated rings. The lowest BCUT2D eigenvalue weighted by molar-refractivity contribution is -0.141. The average Bonchev–Trinajstić information content (AvgIpc) is 2.84. The first kappa shape index (κ1) is 14.8. The van der Waals surface area contributed by atoms with Crippen LogP contribution in [0.5, 0.6) is 5.75 Å². The van der Waals surface area contributed by atoms with Gasteiger partial charge in [0.15, 0.2) is 0 Å². The smallest absolute Gasteiger partial charge is 0.307 e. The van der Waals surface area contributed by atoms with Gasteiger partial charge in [0, 0.05) is 12.5 Å². The first-order chi connectivity index (χ1) is 9.31. The predicted molar refractivity (Wildman–Crippen MR) is 72.2 cm³/mol. The van der Waals surface area contributed by atoms with Gasteiger partial charge in [-0.25, -0.2) is 13.1 Å². The van der Waals surface area contributed by atoms with Gasteiger partial charge in [0.25, 0.3) is 0 Å². The van der Waals surface area contributed by atoms with Gasteiger partial charge in [0.1, 0.15) is 5.75 Å². The first-order valence-electron chi connectivity index (χ1n) is 6.32. The molecule has 0 saturated heterocycles.